The second-order valence-electron chi connectivity index (χ2n) is 5.27. The largest absolute Gasteiger partial charge is 0.478 e. The van der Waals surface area contributed by atoms with Crippen LogP contribution in [0, 0.1) is 5.92 Å². The maximum atomic E-state index is 11.4. The van der Waals surface area contributed by atoms with Gasteiger partial charge in [0.05, 0.1) is 11.9 Å². The van der Waals surface area contributed by atoms with Crippen molar-refractivity contribution in [1.82, 2.24) is 4.98 Å². The summed E-state index contributed by atoms with van der Waals surface area (Å²) in [6, 6.07) is 1.46. The molecule has 1 saturated heterocycles. The zero-order valence-electron chi connectivity index (χ0n) is 11.7. The van der Waals surface area contributed by atoms with Crippen LogP contribution in [0.5, 0.6) is 0 Å². The Morgan fingerprint density at radius 2 is 2.25 bits per heavy atom. The molecule has 0 aliphatic carbocycles. The van der Waals surface area contributed by atoms with Crippen LogP contribution in [-0.4, -0.2) is 35.1 Å². The molecule has 20 heavy (non-hydrogen) atoms. The van der Waals surface area contributed by atoms with Crippen molar-refractivity contribution in [2.45, 2.75) is 26.7 Å². The lowest BCUT2D eigenvalue weighted by atomic mass is 10.00. The van der Waals surface area contributed by atoms with Crippen LogP contribution in [0.2, 0.25) is 0 Å². The molecule has 1 amide bonds. The number of hydrogen-bond acceptors (Lipinski definition) is 4. The summed E-state index contributed by atoms with van der Waals surface area (Å²) >= 11 is 0. The Balaban J connectivity index is 2.32. The van der Waals surface area contributed by atoms with E-state index in [1.54, 1.807) is 0 Å². The van der Waals surface area contributed by atoms with E-state index in [1.807, 2.05) is 4.90 Å². The number of anilines is 2. The second kappa shape index (κ2) is 5.90. The maximum absolute atomic E-state index is 11.4. The molecule has 1 aliphatic rings. The number of carbonyl (C=O) groups is 2. The fourth-order valence-electron chi connectivity index (χ4n) is 2.52. The lowest BCUT2D eigenvalue weighted by Gasteiger charge is -2.32. The van der Waals surface area contributed by atoms with Gasteiger partial charge in [0.15, 0.2) is 0 Å². The minimum atomic E-state index is -1.03. The summed E-state index contributed by atoms with van der Waals surface area (Å²) in [6.45, 7) is 5.16. The number of pyridine rings is 1. The highest BCUT2D eigenvalue weighted by Gasteiger charge is 2.23. The third-order valence-corrected chi connectivity index (χ3v) is 3.37. The molecule has 0 bridgehead atoms. The molecule has 1 fully saturated rings. The highest BCUT2D eigenvalue weighted by Crippen LogP contribution is 2.26. The van der Waals surface area contributed by atoms with Gasteiger partial charge in [-0.3, -0.25) is 4.79 Å². The summed E-state index contributed by atoms with van der Waals surface area (Å²) in [5.41, 5.74) is 0.536. The topological polar surface area (TPSA) is 82.5 Å². The lowest BCUT2D eigenvalue weighted by molar-refractivity contribution is -0.114. The van der Waals surface area contributed by atoms with Crippen molar-refractivity contribution in [3.8, 4) is 0 Å². The summed E-state index contributed by atoms with van der Waals surface area (Å²) in [7, 11) is 0. The lowest BCUT2D eigenvalue weighted by Crippen LogP contribution is -2.36. The summed E-state index contributed by atoms with van der Waals surface area (Å²) in [6.07, 6.45) is 3.70. The zero-order valence-corrected chi connectivity index (χ0v) is 11.7. The number of hydrogen-bond donors (Lipinski definition) is 2. The Hall–Kier alpha value is -2.11. The van der Waals surface area contributed by atoms with Gasteiger partial charge in [-0.15, -0.1) is 0 Å². The van der Waals surface area contributed by atoms with E-state index in [0.717, 1.165) is 25.9 Å². The summed E-state index contributed by atoms with van der Waals surface area (Å²) in [5, 5.41) is 11.9. The highest BCUT2D eigenvalue weighted by atomic mass is 16.4. The molecule has 0 saturated carbocycles. The molecule has 2 rings (SSSR count). The first-order valence-corrected chi connectivity index (χ1v) is 6.73. The molecule has 2 heterocycles. The Labute approximate surface area is 117 Å². The molecule has 1 aromatic heterocycles. The number of carboxylic acids is 1. The smallest absolute Gasteiger partial charge is 0.339 e. The van der Waals surface area contributed by atoms with Gasteiger partial charge in [0.2, 0.25) is 5.91 Å². The number of piperidine rings is 1. The third kappa shape index (κ3) is 3.26. The average molecular weight is 277 g/mol. The number of nitrogens with zero attached hydrogens (tertiary/aromatic N) is 2. The number of aromatic carboxylic acids is 1. The summed E-state index contributed by atoms with van der Waals surface area (Å²) in [5.74, 6) is -0.263. The van der Waals surface area contributed by atoms with E-state index in [-0.39, 0.29) is 11.5 Å². The number of nitrogens with one attached hydrogen (secondary N) is 1. The fourth-order valence-corrected chi connectivity index (χ4v) is 2.52. The van der Waals surface area contributed by atoms with E-state index in [0.29, 0.717) is 17.4 Å². The first-order valence-electron chi connectivity index (χ1n) is 6.73. The van der Waals surface area contributed by atoms with Crippen molar-refractivity contribution in [1.29, 1.82) is 0 Å². The zero-order chi connectivity index (χ0) is 14.7. The van der Waals surface area contributed by atoms with Gasteiger partial charge in [0.25, 0.3) is 0 Å². The first kappa shape index (κ1) is 14.3. The number of aromatic nitrogens is 1. The predicted molar refractivity (Wildman–Crippen MR) is 76.1 cm³/mol. The molecule has 6 nitrogen and oxygen atoms in total. The van der Waals surface area contributed by atoms with Crippen molar-refractivity contribution in [3.63, 3.8) is 0 Å². The van der Waals surface area contributed by atoms with Gasteiger partial charge < -0.3 is 15.3 Å². The molecule has 0 unspecified atom stereocenters. The highest BCUT2D eigenvalue weighted by molar-refractivity contribution is 5.96. The Morgan fingerprint density at radius 3 is 2.85 bits per heavy atom. The molecular weight excluding hydrogens is 258 g/mol. The predicted octanol–water partition coefficient (Wildman–Crippen LogP) is 1.97. The quantitative estimate of drug-likeness (QED) is 0.882. The van der Waals surface area contributed by atoms with Crippen molar-refractivity contribution in [3.05, 3.63) is 17.8 Å². The van der Waals surface area contributed by atoms with Gasteiger partial charge in [-0.1, -0.05) is 6.92 Å². The fraction of sp³-hybridized carbons (Fsp3) is 0.500. The number of carboxylic acid groups (broad SMARTS) is 1. The molecule has 1 atom stereocenters. The van der Waals surface area contributed by atoms with Gasteiger partial charge in [0, 0.05) is 20.0 Å². The molecule has 108 valence electrons. The summed E-state index contributed by atoms with van der Waals surface area (Å²) < 4.78 is 0. The molecular formula is C14H19N3O3. The van der Waals surface area contributed by atoms with Crippen LogP contribution in [-0.2, 0) is 4.79 Å². The van der Waals surface area contributed by atoms with Crippen LogP contribution in [0.3, 0.4) is 0 Å². The molecule has 2 N–H and O–H groups in total. The Morgan fingerprint density at radius 1 is 1.50 bits per heavy atom. The van der Waals surface area contributed by atoms with E-state index in [1.165, 1.54) is 19.2 Å². The minimum Gasteiger partial charge on any atom is -0.478 e. The van der Waals surface area contributed by atoms with Gasteiger partial charge >= 0.3 is 5.97 Å². The molecule has 1 aromatic rings. The molecule has 0 aromatic carbocycles. The Bertz CT molecular complexity index is 530. The Kier molecular flexibility index (Phi) is 4.22. The van der Waals surface area contributed by atoms with E-state index in [2.05, 4.69) is 17.2 Å². The van der Waals surface area contributed by atoms with Crippen LogP contribution in [0.1, 0.15) is 37.0 Å². The first-order chi connectivity index (χ1) is 9.47. The van der Waals surface area contributed by atoms with E-state index < -0.39 is 5.97 Å². The van der Waals surface area contributed by atoms with Crippen LogP contribution in [0.4, 0.5) is 11.5 Å². The normalized spacial score (nSPS) is 18.7. The molecule has 0 radical (unpaired) electrons. The van der Waals surface area contributed by atoms with Crippen molar-refractivity contribution < 1.29 is 14.7 Å². The number of carbonyl (C=O) groups excluding carboxylic acids is 1. The number of rotatable bonds is 3. The average Bonchev–Trinajstić information content (AvgIpc) is 2.37. The second-order valence-corrected chi connectivity index (χ2v) is 5.27. The van der Waals surface area contributed by atoms with Gasteiger partial charge in [-0.2, -0.15) is 0 Å². The van der Waals surface area contributed by atoms with E-state index in [4.69, 9.17) is 0 Å². The van der Waals surface area contributed by atoms with Crippen molar-refractivity contribution in [2.24, 2.45) is 5.92 Å². The maximum Gasteiger partial charge on any atom is 0.339 e. The van der Waals surface area contributed by atoms with Crippen LogP contribution in [0.15, 0.2) is 12.3 Å². The molecule has 1 aliphatic heterocycles. The van der Waals surface area contributed by atoms with Gasteiger partial charge in [-0.05, 0) is 24.8 Å². The minimum absolute atomic E-state index is 0.130. The SMILES string of the molecule is CC(=O)Nc1cnc(N2CCC[C@H](C)C2)c(C(=O)O)c1. The van der Waals surface area contributed by atoms with Crippen LogP contribution < -0.4 is 10.2 Å². The van der Waals surface area contributed by atoms with Gasteiger partial charge in [0.1, 0.15) is 11.4 Å². The molecule has 6 heteroatoms. The van der Waals surface area contributed by atoms with E-state index in [9.17, 15) is 14.7 Å². The van der Waals surface area contributed by atoms with Crippen molar-refractivity contribution in [2.75, 3.05) is 23.3 Å². The van der Waals surface area contributed by atoms with Gasteiger partial charge in [-0.25, -0.2) is 9.78 Å². The van der Waals surface area contributed by atoms with E-state index >= 15 is 0 Å². The van der Waals surface area contributed by atoms with Crippen molar-refractivity contribution >= 4 is 23.4 Å². The summed E-state index contributed by atoms with van der Waals surface area (Å²) in [4.78, 5) is 28.7. The van der Waals surface area contributed by atoms with Crippen LogP contribution in [0.25, 0.3) is 0 Å². The standard InChI is InChI=1S/C14H19N3O3/c1-9-4-3-5-17(8-9)13-12(14(19)20)6-11(7-15-13)16-10(2)18/h6-7,9H,3-5,8H2,1-2H3,(H,16,18)(H,19,20)/t9-/m0/s1. The molecule has 0 spiro atoms. The number of amides is 1. The third-order valence-electron chi connectivity index (χ3n) is 3.37. The van der Waals surface area contributed by atoms with Crippen LogP contribution >= 0.6 is 0 Å². The monoisotopic (exact) mass is 277 g/mol.